The average Bonchev–Trinajstić information content (AvgIpc) is 3.38. The normalized spacial score (nSPS) is 12.3. The van der Waals surface area contributed by atoms with Crippen LogP contribution in [0, 0.1) is 0 Å². The van der Waals surface area contributed by atoms with Crippen LogP contribution < -0.4 is 0 Å². The molecule has 0 bridgehead atoms. The fraction of sp³-hybridized carbons (Fsp3) is 0.833. The van der Waals surface area contributed by atoms with Crippen LogP contribution in [-0.4, -0.2) is 37.2 Å². The van der Waals surface area contributed by atoms with Gasteiger partial charge in [-0.3, -0.25) is 14.4 Å². The first-order valence-electron chi connectivity index (χ1n) is 31.6. The highest BCUT2D eigenvalue weighted by molar-refractivity contribution is 5.71. The molecule has 0 saturated carbocycles. The predicted octanol–water partition coefficient (Wildman–Crippen LogP) is 21.4. The van der Waals surface area contributed by atoms with E-state index < -0.39 is 6.10 Å². The van der Waals surface area contributed by atoms with Crippen LogP contribution in [-0.2, 0) is 28.6 Å². The number of carbonyl (C=O) groups excluding carboxylic acids is 3. The summed E-state index contributed by atoms with van der Waals surface area (Å²) in [4.78, 5) is 38.1. The number of hydrogen-bond acceptors (Lipinski definition) is 6. The zero-order valence-corrected chi connectivity index (χ0v) is 48.2. The van der Waals surface area contributed by atoms with E-state index in [1.54, 1.807) is 0 Å². The summed E-state index contributed by atoms with van der Waals surface area (Å²) in [6.07, 6.45) is 75.6. The molecular weight excluding hydrogens is 889 g/mol. The van der Waals surface area contributed by atoms with Gasteiger partial charge in [-0.05, 0) is 77.0 Å². The summed E-state index contributed by atoms with van der Waals surface area (Å²) in [5, 5.41) is 0. The second-order valence-corrected chi connectivity index (χ2v) is 21.3. The van der Waals surface area contributed by atoms with Gasteiger partial charge in [-0.15, -0.1) is 0 Å². The van der Waals surface area contributed by atoms with E-state index in [2.05, 4.69) is 69.4 Å². The van der Waals surface area contributed by atoms with Crippen LogP contribution in [0.5, 0.6) is 0 Å². The van der Waals surface area contributed by atoms with E-state index in [1.807, 2.05) is 0 Å². The summed E-state index contributed by atoms with van der Waals surface area (Å²) in [5.74, 6) is -0.865. The van der Waals surface area contributed by atoms with Gasteiger partial charge >= 0.3 is 17.9 Å². The van der Waals surface area contributed by atoms with Crippen molar-refractivity contribution in [2.24, 2.45) is 0 Å². The second kappa shape index (κ2) is 60.9. The Morgan fingerprint density at radius 2 is 0.514 bits per heavy atom. The van der Waals surface area contributed by atoms with Crippen molar-refractivity contribution in [3.8, 4) is 0 Å². The highest BCUT2D eigenvalue weighted by Crippen LogP contribution is 2.17. The van der Waals surface area contributed by atoms with Gasteiger partial charge in [-0.25, -0.2) is 0 Å². The number of unbranched alkanes of at least 4 members (excludes halogenated alkanes) is 39. The third kappa shape index (κ3) is 58.3. The molecule has 0 spiro atoms. The molecule has 0 rings (SSSR count). The van der Waals surface area contributed by atoms with Gasteiger partial charge in [0.15, 0.2) is 6.10 Å². The van der Waals surface area contributed by atoms with Crippen molar-refractivity contribution < 1.29 is 28.6 Å². The topological polar surface area (TPSA) is 78.9 Å². The highest BCUT2D eigenvalue weighted by atomic mass is 16.6. The Bertz CT molecular complexity index is 1250. The Balaban J connectivity index is 4.14. The molecule has 0 aliphatic carbocycles. The van der Waals surface area contributed by atoms with Gasteiger partial charge in [-0.2, -0.15) is 0 Å². The number of rotatable bonds is 58. The standard InChI is InChI=1S/C66H120O6/c1-4-7-10-13-16-19-22-24-26-27-28-29-30-31-32-33-34-35-36-37-38-39-40-42-44-47-50-53-56-59-65(68)71-62-63(61-70-64(67)58-55-52-49-46-43-21-18-15-12-9-6-3)72-66(69)60-57-54-51-48-45-41-25-23-20-17-14-11-8-5-2/h15,18,22,24,27-28,30-31,63H,4-14,16-17,19-21,23,25-26,29,32-62H2,1-3H3/b18-15-,24-22-,28-27-,31-30-. The quantitative estimate of drug-likeness (QED) is 0.0261. The Labute approximate surface area is 448 Å². The maximum Gasteiger partial charge on any atom is 0.306 e. The number of esters is 3. The summed E-state index contributed by atoms with van der Waals surface area (Å²) in [6, 6.07) is 0. The second-order valence-electron chi connectivity index (χ2n) is 21.3. The molecule has 1 atom stereocenters. The largest absolute Gasteiger partial charge is 0.462 e. The van der Waals surface area contributed by atoms with Gasteiger partial charge in [0, 0.05) is 19.3 Å². The van der Waals surface area contributed by atoms with Crippen molar-refractivity contribution in [3.05, 3.63) is 48.6 Å². The molecule has 0 aliphatic heterocycles. The van der Waals surface area contributed by atoms with Gasteiger partial charge in [-0.1, -0.05) is 288 Å². The lowest BCUT2D eigenvalue weighted by atomic mass is 10.0. The number of carbonyl (C=O) groups is 3. The maximum absolute atomic E-state index is 12.8. The summed E-state index contributed by atoms with van der Waals surface area (Å²) in [7, 11) is 0. The fourth-order valence-corrected chi connectivity index (χ4v) is 9.26. The molecule has 0 saturated heterocycles. The third-order valence-electron chi connectivity index (χ3n) is 14.1. The van der Waals surface area contributed by atoms with Crippen molar-refractivity contribution >= 4 is 17.9 Å². The average molecular weight is 1010 g/mol. The highest BCUT2D eigenvalue weighted by Gasteiger charge is 2.19. The van der Waals surface area contributed by atoms with E-state index in [1.165, 1.54) is 218 Å². The minimum Gasteiger partial charge on any atom is -0.462 e. The SMILES string of the molecule is CCCC/C=C\CCCCCCCC(=O)OCC(COC(=O)CCCCCCCCCCCCCCCC/C=C\C/C=C\C/C=C\CCCCCCC)OC(=O)CCCCCCCCCCCCCCCC. The van der Waals surface area contributed by atoms with Crippen LogP contribution in [0.15, 0.2) is 48.6 Å². The van der Waals surface area contributed by atoms with E-state index in [0.717, 1.165) is 77.0 Å². The molecule has 1 unspecified atom stereocenters. The van der Waals surface area contributed by atoms with Gasteiger partial charge in [0.25, 0.3) is 0 Å². The van der Waals surface area contributed by atoms with Crippen molar-refractivity contribution in [3.63, 3.8) is 0 Å². The number of ether oxygens (including phenoxy) is 3. The molecular formula is C66H120O6. The molecule has 0 heterocycles. The third-order valence-corrected chi connectivity index (χ3v) is 14.1. The first-order chi connectivity index (χ1) is 35.5. The molecule has 420 valence electrons. The lowest BCUT2D eigenvalue weighted by molar-refractivity contribution is -0.167. The van der Waals surface area contributed by atoms with E-state index in [9.17, 15) is 14.4 Å². The minimum absolute atomic E-state index is 0.0720. The van der Waals surface area contributed by atoms with Crippen molar-refractivity contribution in [1.29, 1.82) is 0 Å². The van der Waals surface area contributed by atoms with Gasteiger partial charge in [0.05, 0.1) is 0 Å². The Morgan fingerprint density at radius 3 is 0.833 bits per heavy atom. The van der Waals surface area contributed by atoms with E-state index in [0.29, 0.717) is 19.3 Å². The van der Waals surface area contributed by atoms with E-state index in [-0.39, 0.29) is 31.1 Å². The first-order valence-corrected chi connectivity index (χ1v) is 31.6. The van der Waals surface area contributed by atoms with Crippen LogP contribution >= 0.6 is 0 Å². The molecule has 0 N–H and O–H groups in total. The molecule has 0 aromatic carbocycles. The Morgan fingerprint density at radius 1 is 0.278 bits per heavy atom. The van der Waals surface area contributed by atoms with Crippen molar-refractivity contribution in [1.82, 2.24) is 0 Å². The summed E-state index contributed by atoms with van der Waals surface area (Å²) < 4.78 is 16.9. The van der Waals surface area contributed by atoms with E-state index in [4.69, 9.17) is 14.2 Å². The minimum atomic E-state index is -0.773. The van der Waals surface area contributed by atoms with Crippen LogP contribution in [0.3, 0.4) is 0 Å². The van der Waals surface area contributed by atoms with Crippen LogP contribution in [0.1, 0.15) is 335 Å². The molecule has 0 radical (unpaired) electrons. The zero-order chi connectivity index (χ0) is 52.2. The molecule has 0 aromatic heterocycles. The zero-order valence-electron chi connectivity index (χ0n) is 48.2. The van der Waals surface area contributed by atoms with Gasteiger partial charge in [0.1, 0.15) is 13.2 Å². The monoisotopic (exact) mass is 1010 g/mol. The smallest absolute Gasteiger partial charge is 0.306 e. The Hall–Kier alpha value is -2.63. The van der Waals surface area contributed by atoms with E-state index >= 15 is 0 Å². The number of hydrogen-bond donors (Lipinski definition) is 0. The molecule has 6 nitrogen and oxygen atoms in total. The van der Waals surface area contributed by atoms with Crippen molar-refractivity contribution in [2.45, 2.75) is 341 Å². The molecule has 0 aromatic rings. The molecule has 72 heavy (non-hydrogen) atoms. The summed E-state index contributed by atoms with van der Waals surface area (Å²) in [5.41, 5.74) is 0. The molecule has 6 heteroatoms. The van der Waals surface area contributed by atoms with Crippen LogP contribution in [0.2, 0.25) is 0 Å². The lowest BCUT2D eigenvalue weighted by Crippen LogP contribution is -2.30. The predicted molar refractivity (Wildman–Crippen MR) is 312 cm³/mol. The summed E-state index contributed by atoms with van der Waals surface area (Å²) >= 11 is 0. The van der Waals surface area contributed by atoms with Crippen molar-refractivity contribution in [2.75, 3.05) is 13.2 Å². The fourth-order valence-electron chi connectivity index (χ4n) is 9.26. The van der Waals surface area contributed by atoms with Gasteiger partial charge in [0.2, 0.25) is 0 Å². The molecule has 0 amide bonds. The first kappa shape index (κ1) is 69.4. The number of allylic oxidation sites excluding steroid dienone is 8. The Kier molecular flexibility index (Phi) is 58.7. The van der Waals surface area contributed by atoms with Crippen LogP contribution in [0.25, 0.3) is 0 Å². The molecule has 0 aliphatic rings. The lowest BCUT2D eigenvalue weighted by Gasteiger charge is -2.18. The van der Waals surface area contributed by atoms with Crippen LogP contribution in [0.4, 0.5) is 0 Å². The van der Waals surface area contributed by atoms with Gasteiger partial charge < -0.3 is 14.2 Å². The molecule has 0 fully saturated rings. The summed E-state index contributed by atoms with van der Waals surface area (Å²) in [6.45, 7) is 6.62. The maximum atomic E-state index is 12.8.